The SMILES string of the molecule is C=N/C(=C\C(=C1\C=c2nc(C(C)C(C)CC)cc(-c3ccccc3)c2=CC1)c1ccccc1)C(C)C. The molecule has 0 radical (unpaired) electrons. The zero-order chi connectivity index (χ0) is 25.7. The van der Waals surface area contributed by atoms with Gasteiger partial charge in [-0.2, -0.15) is 0 Å². The van der Waals surface area contributed by atoms with E-state index in [4.69, 9.17) is 4.98 Å². The van der Waals surface area contributed by atoms with Gasteiger partial charge in [-0.1, -0.05) is 108 Å². The number of pyridine rings is 1. The lowest BCUT2D eigenvalue weighted by Gasteiger charge is -2.20. The molecule has 1 aliphatic carbocycles. The Hall–Kier alpha value is -3.52. The molecule has 2 heteroatoms. The minimum atomic E-state index is 0.299. The topological polar surface area (TPSA) is 25.2 Å². The third-order valence-corrected chi connectivity index (χ3v) is 7.49. The van der Waals surface area contributed by atoms with Gasteiger partial charge in [0.25, 0.3) is 0 Å². The fourth-order valence-electron chi connectivity index (χ4n) is 4.80. The molecule has 0 bridgehead atoms. The number of nitrogens with zero attached hydrogens (tertiary/aromatic N) is 2. The van der Waals surface area contributed by atoms with Crippen LogP contribution in [-0.2, 0) is 0 Å². The maximum absolute atomic E-state index is 5.25. The fourth-order valence-corrected chi connectivity index (χ4v) is 4.80. The third kappa shape index (κ3) is 5.49. The van der Waals surface area contributed by atoms with E-state index >= 15 is 0 Å². The van der Waals surface area contributed by atoms with Crippen molar-refractivity contribution in [3.8, 4) is 11.1 Å². The van der Waals surface area contributed by atoms with Crippen LogP contribution in [0, 0.1) is 11.8 Å². The average Bonchev–Trinajstić information content (AvgIpc) is 2.92. The van der Waals surface area contributed by atoms with E-state index in [-0.39, 0.29) is 0 Å². The molecule has 3 aromatic rings. The molecule has 0 saturated heterocycles. The number of fused-ring (bicyclic) bond motifs is 1. The largest absolute Gasteiger partial charge is 0.269 e. The summed E-state index contributed by atoms with van der Waals surface area (Å²) in [4.78, 5) is 9.60. The highest BCUT2D eigenvalue weighted by atomic mass is 14.7. The van der Waals surface area contributed by atoms with Gasteiger partial charge in [-0.15, -0.1) is 0 Å². The monoisotopic (exact) mass is 474 g/mol. The van der Waals surface area contributed by atoms with Crippen LogP contribution in [0.3, 0.4) is 0 Å². The molecule has 0 aliphatic heterocycles. The van der Waals surface area contributed by atoms with Gasteiger partial charge >= 0.3 is 0 Å². The number of hydrogen-bond donors (Lipinski definition) is 0. The Morgan fingerprint density at radius 1 is 1.00 bits per heavy atom. The summed E-state index contributed by atoms with van der Waals surface area (Å²) in [7, 11) is 0. The van der Waals surface area contributed by atoms with Crippen molar-refractivity contribution in [3.05, 3.63) is 106 Å². The van der Waals surface area contributed by atoms with Crippen molar-refractivity contribution >= 4 is 24.4 Å². The highest BCUT2D eigenvalue weighted by Gasteiger charge is 2.18. The van der Waals surface area contributed by atoms with Gasteiger partial charge in [0.15, 0.2) is 0 Å². The molecule has 0 spiro atoms. The molecule has 1 aromatic heterocycles. The second-order valence-corrected chi connectivity index (χ2v) is 10.2. The summed E-state index contributed by atoms with van der Waals surface area (Å²) < 4.78 is 0. The summed E-state index contributed by atoms with van der Waals surface area (Å²) in [5.41, 5.74) is 8.32. The molecule has 184 valence electrons. The molecule has 2 aromatic carbocycles. The van der Waals surface area contributed by atoms with Crippen molar-refractivity contribution in [3.63, 3.8) is 0 Å². The molecule has 0 N–H and O–H groups in total. The molecule has 4 rings (SSSR count). The van der Waals surface area contributed by atoms with Gasteiger partial charge in [-0.05, 0) is 71.0 Å². The summed E-state index contributed by atoms with van der Waals surface area (Å²) in [6, 6.07) is 23.6. The second kappa shape index (κ2) is 11.5. The predicted octanol–water partition coefficient (Wildman–Crippen LogP) is 7.56. The second-order valence-electron chi connectivity index (χ2n) is 10.2. The highest BCUT2D eigenvalue weighted by molar-refractivity contribution is 5.85. The highest BCUT2D eigenvalue weighted by Crippen LogP contribution is 2.30. The van der Waals surface area contributed by atoms with Gasteiger partial charge in [0.2, 0.25) is 0 Å². The standard InChI is InChI=1S/C34H38N2/c1-7-24(4)25(5)33-22-31(27-16-12-9-13-17-27)29-19-18-28(20-34(29)36-33)30(21-32(35-6)23(2)3)26-14-10-8-11-15-26/h8-17,19-25H,6-7,18H2,1-5H3/b30-28-,32-21-. The first-order chi connectivity index (χ1) is 17.4. The van der Waals surface area contributed by atoms with Crippen molar-refractivity contribution < 1.29 is 0 Å². The van der Waals surface area contributed by atoms with Gasteiger partial charge in [0.05, 0.1) is 5.35 Å². The van der Waals surface area contributed by atoms with Crippen LogP contribution in [0.5, 0.6) is 0 Å². The Balaban J connectivity index is 2.00. The van der Waals surface area contributed by atoms with Crippen molar-refractivity contribution in [1.82, 2.24) is 4.98 Å². The van der Waals surface area contributed by atoms with Crippen LogP contribution in [0.1, 0.15) is 64.6 Å². The van der Waals surface area contributed by atoms with Crippen LogP contribution in [0.4, 0.5) is 0 Å². The van der Waals surface area contributed by atoms with Crippen LogP contribution in [-0.4, -0.2) is 11.7 Å². The van der Waals surface area contributed by atoms with Crippen LogP contribution in [0.15, 0.2) is 89.1 Å². The molecule has 0 fully saturated rings. The molecule has 2 atom stereocenters. The normalized spacial score (nSPS) is 16.4. The fraction of sp³-hybridized carbons (Fsp3) is 0.294. The van der Waals surface area contributed by atoms with E-state index < -0.39 is 0 Å². The van der Waals surface area contributed by atoms with Crippen LogP contribution in [0.25, 0.3) is 28.9 Å². The first-order valence-electron chi connectivity index (χ1n) is 13.2. The zero-order valence-corrected chi connectivity index (χ0v) is 22.3. The van der Waals surface area contributed by atoms with E-state index in [0.717, 1.165) is 23.9 Å². The van der Waals surface area contributed by atoms with Gasteiger partial charge < -0.3 is 0 Å². The lowest BCUT2D eigenvalue weighted by Crippen LogP contribution is -2.34. The first kappa shape index (κ1) is 25.6. The Morgan fingerprint density at radius 3 is 2.28 bits per heavy atom. The van der Waals surface area contributed by atoms with E-state index in [9.17, 15) is 0 Å². The quantitative estimate of drug-likeness (QED) is 0.309. The molecule has 0 saturated carbocycles. The van der Waals surface area contributed by atoms with Crippen LogP contribution in [0.2, 0.25) is 0 Å². The maximum atomic E-state index is 5.25. The summed E-state index contributed by atoms with van der Waals surface area (Å²) in [6.07, 6.45) is 8.84. The van der Waals surface area contributed by atoms with Crippen LogP contribution >= 0.6 is 0 Å². The molecule has 2 unspecified atom stereocenters. The predicted molar refractivity (Wildman–Crippen MR) is 156 cm³/mol. The van der Waals surface area contributed by atoms with E-state index in [0.29, 0.717) is 17.8 Å². The minimum absolute atomic E-state index is 0.299. The molecule has 0 amide bonds. The van der Waals surface area contributed by atoms with Crippen molar-refractivity contribution in [2.45, 2.75) is 53.4 Å². The van der Waals surface area contributed by atoms with Crippen LogP contribution < -0.4 is 10.6 Å². The van der Waals surface area contributed by atoms with E-state index in [2.05, 4.69) is 131 Å². The Bertz CT molecular complexity index is 1390. The van der Waals surface area contributed by atoms with Gasteiger partial charge in [0.1, 0.15) is 0 Å². The smallest absolute Gasteiger partial charge is 0.0711 e. The number of hydrogen-bond acceptors (Lipinski definition) is 2. The number of allylic oxidation sites excluding steroid dienone is 4. The van der Waals surface area contributed by atoms with E-state index in [1.54, 1.807) is 0 Å². The average molecular weight is 475 g/mol. The summed E-state index contributed by atoms with van der Waals surface area (Å²) in [5, 5.41) is 2.29. The van der Waals surface area contributed by atoms with E-state index in [1.807, 2.05) is 0 Å². The number of benzene rings is 2. The summed E-state index contributed by atoms with van der Waals surface area (Å²) >= 11 is 0. The minimum Gasteiger partial charge on any atom is -0.269 e. The van der Waals surface area contributed by atoms with Crippen molar-refractivity contribution in [1.29, 1.82) is 0 Å². The summed E-state index contributed by atoms with van der Waals surface area (Å²) in [6.45, 7) is 15.1. The van der Waals surface area contributed by atoms with Gasteiger partial charge in [-0.3, -0.25) is 9.98 Å². The number of rotatable bonds is 8. The molecule has 36 heavy (non-hydrogen) atoms. The Labute approximate surface area is 216 Å². The lowest BCUT2D eigenvalue weighted by molar-refractivity contribution is 0.464. The number of aromatic nitrogens is 1. The van der Waals surface area contributed by atoms with Crippen molar-refractivity contribution in [2.75, 3.05) is 0 Å². The van der Waals surface area contributed by atoms with E-state index in [1.165, 1.54) is 38.7 Å². The first-order valence-corrected chi connectivity index (χ1v) is 13.2. The molecule has 1 aliphatic rings. The molecule has 1 heterocycles. The zero-order valence-electron chi connectivity index (χ0n) is 22.3. The third-order valence-electron chi connectivity index (χ3n) is 7.49. The Kier molecular flexibility index (Phi) is 8.15. The Morgan fingerprint density at radius 2 is 1.67 bits per heavy atom. The molecule has 2 nitrogen and oxygen atoms in total. The summed E-state index contributed by atoms with van der Waals surface area (Å²) in [5.74, 6) is 1.25. The number of aliphatic imine (C=N–C) groups is 1. The van der Waals surface area contributed by atoms with Gasteiger partial charge in [0, 0.05) is 22.5 Å². The van der Waals surface area contributed by atoms with Crippen molar-refractivity contribution in [2.24, 2.45) is 16.8 Å². The maximum Gasteiger partial charge on any atom is 0.0711 e. The molecular formula is C34H38N2. The molecular weight excluding hydrogens is 436 g/mol. The van der Waals surface area contributed by atoms with Gasteiger partial charge in [-0.25, -0.2) is 0 Å². The lowest BCUT2D eigenvalue weighted by atomic mass is 9.87.